The lowest BCUT2D eigenvalue weighted by Crippen LogP contribution is -2.46. The van der Waals surface area contributed by atoms with E-state index in [0.717, 1.165) is 36.9 Å². The highest BCUT2D eigenvalue weighted by molar-refractivity contribution is 5.83. The Morgan fingerprint density at radius 3 is 2.52 bits per heavy atom. The standard InChI is InChI=1S/C16H28N4O/c1-12(14-10-18-20(3)13(14)2)19-15(21)16(11-17)8-6-4-5-7-9-16/h10,12H,4-9,11,17H2,1-3H3,(H,19,21). The van der Waals surface area contributed by atoms with Crippen LogP contribution >= 0.6 is 0 Å². The van der Waals surface area contributed by atoms with Crippen molar-refractivity contribution in [1.82, 2.24) is 15.1 Å². The number of aryl methyl sites for hydroxylation is 1. The van der Waals surface area contributed by atoms with Crippen molar-refractivity contribution in [3.63, 3.8) is 0 Å². The number of amides is 1. The van der Waals surface area contributed by atoms with Gasteiger partial charge in [-0.15, -0.1) is 0 Å². The van der Waals surface area contributed by atoms with Gasteiger partial charge in [0.1, 0.15) is 0 Å². The first-order valence-corrected chi connectivity index (χ1v) is 8.00. The van der Waals surface area contributed by atoms with Gasteiger partial charge >= 0.3 is 0 Å². The van der Waals surface area contributed by atoms with Crippen LogP contribution in [0.5, 0.6) is 0 Å². The molecule has 5 nitrogen and oxygen atoms in total. The maximum Gasteiger partial charge on any atom is 0.227 e. The topological polar surface area (TPSA) is 72.9 Å². The minimum absolute atomic E-state index is 0.0297. The van der Waals surface area contributed by atoms with E-state index < -0.39 is 0 Å². The van der Waals surface area contributed by atoms with E-state index in [0.29, 0.717) is 6.54 Å². The Morgan fingerprint density at radius 2 is 2.05 bits per heavy atom. The van der Waals surface area contributed by atoms with E-state index >= 15 is 0 Å². The van der Waals surface area contributed by atoms with Gasteiger partial charge in [0.05, 0.1) is 17.7 Å². The van der Waals surface area contributed by atoms with Crippen LogP contribution in [0.2, 0.25) is 0 Å². The second-order valence-corrected chi connectivity index (χ2v) is 6.40. The summed E-state index contributed by atoms with van der Waals surface area (Å²) in [4.78, 5) is 12.8. The van der Waals surface area contributed by atoms with Gasteiger partial charge in [-0.1, -0.05) is 25.7 Å². The molecule has 0 aromatic carbocycles. The number of carbonyl (C=O) groups excluding carboxylic acids is 1. The molecule has 1 amide bonds. The molecule has 0 saturated heterocycles. The van der Waals surface area contributed by atoms with Crippen LogP contribution in [0.3, 0.4) is 0 Å². The second-order valence-electron chi connectivity index (χ2n) is 6.40. The molecule has 1 aromatic heterocycles. The SMILES string of the molecule is Cc1c(C(C)NC(=O)C2(CN)CCCCCC2)cnn1C. The van der Waals surface area contributed by atoms with E-state index in [1.165, 1.54) is 12.8 Å². The third kappa shape index (κ3) is 3.28. The van der Waals surface area contributed by atoms with Crippen LogP contribution in [-0.4, -0.2) is 22.2 Å². The molecule has 1 heterocycles. The average Bonchev–Trinajstić information content (AvgIpc) is 2.70. The molecular formula is C16H28N4O. The van der Waals surface area contributed by atoms with Crippen LogP contribution in [0.15, 0.2) is 6.20 Å². The number of nitrogens with one attached hydrogen (secondary N) is 1. The molecule has 2 rings (SSSR count). The van der Waals surface area contributed by atoms with Crippen LogP contribution in [-0.2, 0) is 11.8 Å². The predicted molar refractivity (Wildman–Crippen MR) is 83.7 cm³/mol. The van der Waals surface area contributed by atoms with Crippen molar-refractivity contribution in [2.45, 2.75) is 58.4 Å². The summed E-state index contributed by atoms with van der Waals surface area (Å²) in [5, 5.41) is 7.42. The molecule has 1 aliphatic rings. The molecule has 1 atom stereocenters. The van der Waals surface area contributed by atoms with Crippen LogP contribution in [0.25, 0.3) is 0 Å². The predicted octanol–water partition coefficient (Wildman–Crippen LogP) is 2.21. The van der Waals surface area contributed by atoms with Crippen molar-refractivity contribution in [3.05, 3.63) is 17.5 Å². The van der Waals surface area contributed by atoms with Gasteiger partial charge in [-0.3, -0.25) is 9.48 Å². The summed E-state index contributed by atoms with van der Waals surface area (Å²) in [5.74, 6) is 0.114. The van der Waals surface area contributed by atoms with Crippen molar-refractivity contribution < 1.29 is 4.79 Å². The van der Waals surface area contributed by atoms with E-state index in [9.17, 15) is 4.79 Å². The molecule has 0 aliphatic heterocycles. The first-order chi connectivity index (χ1) is 10.00. The average molecular weight is 292 g/mol. The Balaban J connectivity index is 2.10. The molecule has 0 spiro atoms. The molecule has 0 radical (unpaired) electrons. The molecule has 0 bridgehead atoms. The number of carbonyl (C=O) groups is 1. The lowest BCUT2D eigenvalue weighted by molar-refractivity contribution is -0.132. The second kappa shape index (κ2) is 6.60. The van der Waals surface area contributed by atoms with Gasteiger partial charge in [0.2, 0.25) is 5.91 Å². The van der Waals surface area contributed by atoms with Crippen LogP contribution < -0.4 is 11.1 Å². The fourth-order valence-corrected chi connectivity index (χ4v) is 3.30. The summed E-state index contributed by atoms with van der Waals surface area (Å²) in [6.45, 7) is 4.48. The number of hydrogen-bond acceptors (Lipinski definition) is 3. The molecule has 118 valence electrons. The molecule has 1 saturated carbocycles. The summed E-state index contributed by atoms with van der Waals surface area (Å²) >= 11 is 0. The van der Waals surface area contributed by atoms with Gasteiger partial charge in [0, 0.05) is 24.8 Å². The summed E-state index contributed by atoms with van der Waals surface area (Å²) in [7, 11) is 1.92. The van der Waals surface area contributed by atoms with E-state index in [2.05, 4.69) is 10.4 Å². The van der Waals surface area contributed by atoms with Gasteiger partial charge < -0.3 is 11.1 Å². The minimum Gasteiger partial charge on any atom is -0.349 e. The highest BCUT2D eigenvalue weighted by Gasteiger charge is 2.37. The van der Waals surface area contributed by atoms with E-state index in [-0.39, 0.29) is 17.4 Å². The van der Waals surface area contributed by atoms with E-state index in [1.54, 1.807) is 0 Å². The number of nitrogens with zero attached hydrogens (tertiary/aromatic N) is 2. The number of hydrogen-bond donors (Lipinski definition) is 2. The van der Waals surface area contributed by atoms with Crippen molar-refractivity contribution in [1.29, 1.82) is 0 Å². The summed E-state index contributed by atoms with van der Waals surface area (Å²) in [6, 6.07) is -0.0297. The monoisotopic (exact) mass is 292 g/mol. The third-order valence-electron chi connectivity index (χ3n) is 5.02. The number of nitrogens with two attached hydrogens (primary N) is 1. The third-order valence-corrected chi connectivity index (χ3v) is 5.02. The zero-order valence-corrected chi connectivity index (χ0v) is 13.5. The van der Waals surface area contributed by atoms with Crippen LogP contribution in [0.1, 0.15) is 62.7 Å². The highest BCUT2D eigenvalue weighted by Crippen LogP contribution is 2.35. The van der Waals surface area contributed by atoms with Gasteiger partial charge in [-0.25, -0.2) is 0 Å². The fraction of sp³-hybridized carbons (Fsp3) is 0.750. The Kier molecular flexibility index (Phi) is 5.04. The molecular weight excluding hydrogens is 264 g/mol. The zero-order valence-electron chi connectivity index (χ0n) is 13.5. The Morgan fingerprint density at radius 1 is 1.43 bits per heavy atom. The first kappa shape index (κ1) is 16.0. The Hall–Kier alpha value is -1.36. The molecule has 1 aromatic rings. The summed E-state index contributed by atoms with van der Waals surface area (Å²) in [6.07, 6.45) is 8.29. The zero-order chi connectivity index (χ0) is 15.5. The van der Waals surface area contributed by atoms with Crippen molar-refractivity contribution in [3.8, 4) is 0 Å². The number of rotatable bonds is 4. The van der Waals surface area contributed by atoms with Gasteiger partial charge in [-0.05, 0) is 26.7 Å². The van der Waals surface area contributed by atoms with Crippen molar-refractivity contribution in [2.24, 2.45) is 18.2 Å². The van der Waals surface area contributed by atoms with Gasteiger partial charge in [-0.2, -0.15) is 5.10 Å². The molecule has 3 N–H and O–H groups in total. The molecule has 1 aliphatic carbocycles. The lowest BCUT2D eigenvalue weighted by Gasteiger charge is -2.31. The maximum atomic E-state index is 12.8. The Labute approximate surface area is 127 Å². The van der Waals surface area contributed by atoms with E-state index in [4.69, 9.17) is 5.73 Å². The van der Waals surface area contributed by atoms with E-state index in [1.807, 2.05) is 31.8 Å². The quantitative estimate of drug-likeness (QED) is 0.836. The molecule has 21 heavy (non-hydrogen) atoms. The van der Waals surface area contributed by atoms with Crippen molar-refractivity contribution >= 4 is 5.91 Å². The fourth-order valence-electron chi connectivity index (χ4n) is 3.30. The van der Waals surface area contributed by atoms with Crippen LogP contribution in [0, 0.1) is 12.3 Å². The highest BCUT2D eigenvalue weighted by atomic mass is 16.2. The number of aromatic nitrogens is 2. The summed E-state index contributed by atoms with van der Waals surface area (Å²) < 4.78 is 1.84. The van der Waals surface area contributed by atoms with Crippen molar-refractivity contribution in [2.75, 3.05) is 6.54 Å². The first-order valence-electron chi connectivity index (χ1n) is 8.00. The smallest absolute Gasteiger partial charge is 0.227 e. The normalized spacial score (nSPS) is 19.8. The van der Waals surface area contributed by atoms with Gasteiger partial charge in [0.15, 0.2) is 0 Å². The molecule has 1 unspecified atom stereocenters. The molecule has 5 heteroatoms. The van der Waals surface area contributed by atoms with Crippen LogP contribution in [0.4, 0.5) is 0 Å². The summed E-state index contributed by atoms with van der Waals surface area (Å²) in [5.41, 5.74) is 7.77. The molecule has 1 fully saturated rings. The maximum absolute atomic E-state index is 12.8. The Bertz CT molecular complexity index is 486. The van der Waals surface area contributed by atoms with Gasteiger partial charge in [0.25, 0.3) is 0 Å². The largest absolute Gasteiger partial charge is 0.349 e. The lowest BCUT2D eigenvalue weighted by atomic mass is 9.79. The minimum atomic E-state index is -0.374.